The summed E-state index contributed by atoms with van der Waals surface area (Å²) in [6.45, 7) is 3.38. The zero-order valence-electron chi connectivity index (χ0n) is 19.3. The van der Waals surface area contributed by atoms with Gasteiger partial charge in [0, 0.05) is 12.1 Å². The summed E-state index contributed by atoms with van der Waals surface area (Å²) in [6.07, 6.45) is 0.668. The summed E-state index contributed by atoms with van der Waals surface area (Å²) in [5, 5.41) is 11.5. The maximum Gasteiger partial charge on any atom is 0.295 e. The number of nitrogens with zero attached hydrogens (tertiary/aromatic N) is 2. The van der Waals surface area contributed by atoms with Gasteiger partial charge < -0.3 is 24.4 Å². The first-order chi connectivity index (χ1) is 15.8. The number of carbonyl (C=O) groups excluding carboxylic acids is 2. The summed E-state index contributed by atoms with van der Waals surface area (Å²) < 4.78 is 10.9. The van der Waals surface area contributed by atoms with Crippen LogP contribution in [0.5, 0.6) is 11.5 Å². The molecule has 0 aliphatic carbocycles. The molecule has 1 aliphatic rings. The van der Waals surface area contributed by atoms with E-state index in [9.17, 15) is 14.7 Å². The predicted octanol–water partition coefficient (Wildman–Crippen LogP) is 4.12. The van der Waals surface area contributed by atoms with Gasteiger partial charge in [-0.25, -0.2) is 0 Å². The lowest BCUT2D eigenvalue weighted by molar-refractivity contribution is -0.139. The van der Waals surface area contributed by atoms with E-state index in [4.69, 9.17) is 21.1 Å². The van der Waals surface area contributed by atoms with Crippen LogP contribution in [0, 0.1) is 0 Å². The summed E-state index contributed by atoms with van der Waals surface area (Å²) in [4.78, 5) is 29.7. The summed E-state index contributed by atoms with van der Waals surface area (Å²) >= 11 is 6.36. The molecular weight excluding hydrogens is 444 g/mol. The number of ether oxygens (including phenoxy) is 2. The topological polar surface area (TPSA) is 79.3 Å². The highest BCUT2D eigenvalue weighted by atomic mass is 35.5. The van der Waals surface area contributed by atoms with Crippen molar-refractivity contribution >= 4 is 29.1 Å². The summed E-state index contributed by atoms with van der Waals surface area (Å²) in [6, 6.07) is 11.2. The molecule has 0 saturated carbocycles. The number of hydrogen-bond acceptors (Lipinski definition) is 6. The highest BCUT2D eigenvalue weighted by Gasteiger charge is 2.46. The molecule has 1 atom stereocenters. The SMILES string of the molecule is CCOc1ccc(Cl)c(/C(O)=C2\C(=O)C(=O)N(CCCN(C)C)C2c2cccc(OC)c2)c1. The van der Waals surface area contributed by atoms with Crippen molar-refractivity contribution in [2.24, 2.45) is 0 Å². The van der Waals surface area contributed by atoms with Gasteiger partial charge in [0.15, 0.2) is 0 Å². The number of aliphatic hydroxyl groups is 1. The van der Waals surface area contributed by atoms with E-state index in [2.05, 4.69) is 0 Å². The largest absolute Gasteiger partial charge is 0.507 e. The van der Waals surface area contributed by atoms with Gasteiger partial charge in [-0.15, -0.1) is 0 Å². The molecule has 1 heterocycles. The molecule has 1 saturated heterocycles. The lowest BCUT2D eigenvalue weighted by Gasteiger charge is -2.26. The molecule has 1 fully saturated rings. The smallest absolute Gasteiger partial charge is 0.295 e. The number of likely N-dealkylation sites (tertiary alicyclic amines) is 1. The van der Waals surface area contributed by atoms with E-state index in [1.54, 1.807) is 43.5 Å². The number of carbonyl (C=O) groups is 2. The molecule has 0 spiro atoms. The summed E-state index contributed by atoms with van der Waals surface area (Å²) in [7, 11) is 5.44. The Balaban J connectivity index is 2.15. The van der Waals surface area contributed by atoms with Crippen molar-refractivity contribution in [2.45, 2.75) is 19.4 Å². The Morgan fingerprint density at radius 1 is 1.15 bits per heavy atom. The van der Waals surface area contributed by atoms with Crippen LogP contribution in [0.4, 0.5) is 0 Å². The van der Waals surface area contributed by atoms with Gasteiger partial charge in [-0.05, 0) is 69.9 Å². The number of aliphatic hydroxyl groups excluding tert-OH is 1. The lowest BCUT2D eigenvalue weighted by atomic mass is 9.95. The minimum absolute atomic E-state index is 0.00588. The minimum Gasteiger partial charge on any atom is -0.507 e. The molecule has 7 nitrogen and oxygen atoms in total. The van der Waals surface area contributed by atoms with Crippen LogP contribution in [0.15, 0.2) is 48.0 Å². The average Bonchev–Trinajstić information content (AvgIpc) is 3.05. The molecule has 0 radical (unpaired) electrons. The number of Topliss-reactive ketones (excluding diaryl/α,β-unsaturated/α-hetero) is 1. The molecule has 2 aromatic carbocycles. The van der Waals surface area contributed by atoms with Crippen LogP contribution < -0.4 is 9.47 Å². The average molecular weight is 473 g/mol. The van der Waals surface area contributed by atoms with Crippen molar-refractivity contribution in [1.82, 2.24) is 9.80 Å². The molecule has 3 rings (SSSR count). The van der Waals surface area contributed by atoms with Crippen LogP contribution in [0.1, 0.15) is 30.5 Å². The molecule has 8 heteroatoms. The standard InChI is InChI=1S/C25H29ClN2O5/c1-5-33-18-10-11-20(26)19(15-18)23(29)21-22(16-8-6-9-17(14-16)32-4)28(25(31)24(21)30)13-7-12-27(2)3/h6,8-11,14-15,22,29H,5,7,12-13H2,1-4H3/b23-21+. The van der Waals surface area contributed by atoms with Crippen molar-refractivity contribution in [3.63, 3.8) is 0 Å². The van der Waals surface area contributed by atoms with Gasteiger partial charge in [-0.2, -0.15) is 0 Å². The Morgan fingerprint density at radius 2 is 1.91 bits per heavy atom. The maximum atomic E-state index is 13.2. The van der Waals surface area contributed by atoms with Crippen LogP contribution in [-0.2, 0) is 9.59 Å². The predicted molar refractivity (Wildman–Crippen MR) is 128 cm³/mol. The molecule has 1 unspecified atom stereocenters. The van der Waals surface area contributed by atoms with E-state index in [0.717, 1.165) is 6.54 Å². The zero-order chi connectivity index (χ0) is 24.1. The second-order valence-corrected chi connectivity index (χ2v) is 8.41. The number of amides is 1. The van der Waals surface area contributed by atoms with Crippen molar-refractivity contribution in [1.29, 1.82) is 0 Å². The Kier molecular flexibility index (Phi) is 8.00. The number of rotatable bonds is 9. The molecule has 33 heavy (non-hydrogen) atoms. The summed E-state index contributed by atoms with van der Waals surface area (Å²) in [5.74, 6) is -0.643. The first-order valence-corrected chi connectivity index (χ1v) is 11.2. The summed E-state index contributed by atoms with van der Waals surface area (Å²) in [5.41, 5.74) is 0.896. The Labute approximate surface area is 199 Å². The maximum absolute atomic E-state index is 13.2. The fourth-order valence-electron chi connectivity index (χ4n) is 3.91. The van der Waals surface area contributed by atoms with Gasteiger partial charge >= 0.3 is 0 Å². The third kappa shape index (κ3) is 5.31. The van der Waals surface area contributed by atoms with Gasteiger partial charge in [-0.1, -0.05) is 23.7 Å². The molecule has 1 aliphatic heterocycles. The first-order valence-electron chi connectivity index (χ1n) is 10.8. The van der Waals surface area contributed by atoms with Crippen molar-refractivity contribution in [3.8, 4) is 11.5 Å². The van der Waals surface area contributed by atoms with Crippen molar-refractivity contribution in [2.75, 3.05) is 40.9 Å². The van der Waals surface area contributed by atoms with Gasteiger partial charge in [0.05, 0.1) is 30.4 Å². The second kappa shape index (κ2) is 10.7. The fraction of sp³-hybridized carbons (Fsp3) is 0.360. The second-order valence-electron chi connectivity index (χ2n) is 8.00. The molecular formula is C25H29ClN2O5. The minimum atomic E-state index is -0.769. The van der Waals surface area contributed by atoms with Gasteiger partial charge in [0.2, 0.25) is 0 Å². The van der Waals surface area contributed by atoms with Crippen LogP contribution >= 0.6 is 11.6 Å². The third-order valence-electron chi connectivity index (χ3n) is 5.46. The van der Waals surface area contributed by atoms with E-state index in [-0.39, 0.29) is 21.9 Å². The highest BCUT2D eigenvalue weighted by molar-refractivity contribution is 6.47. The first kappa shape index (κ1) is 24.6. The van der Waals surface area contributed by atoms with E-state index in [1.165, 1.54) is 4.90 Å². The molecule has 2 aromatic rings. The van der Waals surface area contributed by atoms with Gasteiger partial charge in [0.1, 0.15) is 17.3 Å². The van der Waals surface area contributed by atoms with Crippen LogP contribution in [0.2, 0.25) is 5.02 Å². The van der Waals surface area contributed by atoms with Crippen LogP contribution in [0.3, 0.4) is 0 Å². The monoisotopic (exact) mass is 472 g/mol. The third-order valence-corrected chi connectivity index (χ3v) is 5.79. The fourth-order valence-corrected chi connectivity index (χ4v) is 4.12. The van der Waals surface area contributed by atoms with E-state index in [1.807, 2.05) is 32.0 Å². The lowest BCUT2D eigenvalue weighted by Crippen LogP contribution is -2.32. The quantitative estimate of drug-likeness (QED) is 0.336. The van der Waals surface area contributed by atoms with E-state index < -0.39 is 17.7 Å². The van der Waals surface area contributed by atoms with Gasteiger partial charge in [0.25, 0.3) is 11.7 Å². The van der Waals surface area contributed by atoms with E-state index >= 15 is 0 Å². The zero-order valence-corrected chi connectivity index (χ0v) is 20.1. The number of halogens is 1. The molecule has 176 valence electrons. The number of benzene rings is 2. The molecule has 1 N–H and O–H groups in total. The normalized spacial score (nSPS) is 17.6. The van der Waals surface area contributed by atoms with Crippen molar-refractivity contribution in [3.05, 3.63) is 64.2 Å². The van der Waals surface area contributed by atoms with E-state index in [0.29, 0.717) is 36.6 Å². The Hall–Kier alpha value is -3.03. The molecule has 1 amide bonds. The molecule has 0 aromatic heterocycles. The van der Waals surface area contributed by atoms with Crippen LogP contribution in [-0.4, -0.2) is 67.5 Å². The molecule has 0 bridgehead atoms. The Bertz CT molecular complexity index is 1070. The van der Waals surface area contributed by atoms with Crippen molar-refractivity contribution < 1.29 is 24.2 Å². The highest BCUT2D eigenvalue weighted by Crippen LogP contribution is 2.41. The Morgan fingerprint density at radius 3 is 2.58 bits per heavy atom. The number of hydrogen-bond donors (Lipinski definition) is 1. The van der Waals surface area contributed by atoms with Gasteiger partial charge in [-0.3, -0.25) is 9.59 Å². The number of methoxy groups -OCH3 is 1. The number of ketones is 1. The van der Waals surface area contributed by atoms with Crippen LogP contribution in [0.25, 0.3) is 5.76 Å².